The van der Waals surface area contributed by atoms with E-state index in [-0.39, 0.29) is 12.5 Å². The molecule has 1 aromatic rings. The number of aliphatic hydroxyl groups is 1. The van der Waals surface area contributed by atoms with Gasteiger partial charge >= 0.3 is 0 Å². The molecule has 0 saturated heterocycles. The Bertz CT molecular complexity index is 384. The Morgan fingerprint density at radius 1 is 1.50 bits per heavy atom. The van der Waals surface area contributed by atoms with E-state index < -0.39 is 12.0 Å². The first-order chi connectivity index (χ1) is 7.65. The Balaban J connectivity index is 2.59. The maximum absolute atomic E-state index is 11.6. The lowest BCUT2D eigenvalue weighted by Crippen LogP contribution is -2.36. The first kappa shape index (κ1) is 12.2. The normalized spacial score (nSPS) is 13.6. The molecule has 1 rings (SSSR count). The molecule has 0 bridgehead atoms. The van der Waals surface area contributed by atoms with Crippen molar-refractivity contribution in [3.8, 4) is 6.07 Å². The fourth-order valence-electron chi connectivity index (χ4n) is 1.30. The number of carbonyl (C=O) groups is 1. The van der Waals surface area contributed by atoms with Gasteiger partial charge in [-0.25, -0.2) is 0 Å². The molecule has 0 saturated carbocycles. The Hall–Kier alpha value is -1.86. The number of hydrogen-bond acceptors (Lipinski definition) is 3. The number of rotatable bonds is 4. The molecule has 0 aliphatic rings. The number of nitrogens with zero attached hydrogens (tertiary/aromatic N) is 1. The van der Waals surface area contributed by atoms with Gasteiger partial charge in [0.1, 0.15) is 0 Å². The number of amides is 1. The molecule has 84 valence electrons. The van der Waals surface area contributed by atoms with E-state index in [9.17, 15) is 9.90 Å². The van der Waals surface area contributed by atoms with Gasteiger partial charge in [-0.2, -0.15) is 5.26 Å². The largest absolute Gasteiger partial charge is 0.378 e. The highest BCUT2D eigenvalue weighted by Gasteiger charge is 2.18. The molecule has 1 aromatic carbocycles. The second-order valence-electron chi connectivity index (χ2n) is 3.59. The summed E-state index contributed by atoms with van der Waals surface area (Å²) in [6.07, 6.45) is -0.949. The monoisotopic (exact) mass is 218 g/mol. The van der Waals surface area contributed by atoms with Crippen molar-refractivity contribution in [2.45, 2.75) is 25.5 Å². The van der Waals surface area contributed by atoms with E-state index in [1.165, 1.54) is 0 Å². The van der Waals surface area contributed by atoms with Crippen LogP contribution in [-0.2, 0) is 4.79 Å². The summed E-state index contributed by atoms with van der Waals surface area (Å²) in [6.45, 7) is 1.72. The van der Waals surface area contributed by atoms with Crippen LogP contribution in [0.3, 0.4) is 0 Å². The third-order valence-corrected chi connectivity index (χ3v) is 2.15. The molecule has 0 aromatic heterocycles. The minimum Gasteiger partial charge on any atom is -0.378 e. The maximum Gasteiger partial charge on any atom is 0.253 e. The molecule has 2 N–H and O–H groups in total. The zero-order valence-electron chi connectivity index (χ0n) is 9.05. The van der Waals surface area contributed by atoms with Crippen LogP contribution in [0.25, 0.3) is 0 Å². The second kappa shape index (κ2) is 5.89. The molecule has 0 radical (unpaired) electrons. The van der Waals surface area contributed by atoms with Gasteiger partial charge in [0.25, 0.3) is 5.91 Å². The SMILES string of the molecule is CC(CC#N)NC(=O)C(O)c1ccccc1. The highest BCUT2D eigenvalue weighted by Crippen LogP contribution is 2.12. The zero-order chi connectivity index (χ0) is 12.0. The lowest BCUT2D eigenvalue weighted by Gasteiger charge is -2.14. The zero-order valence-corrected chi connectivity index (χ0v) is 9.05. The van der Waals surface area contributed by atoms with Gasteiger partial charge in [0.05, 0.1) is 12.5 Å². The molecular weight excluding hydrogens is 204 g/mol. The number of nitriles is 1. The van der Waals surface area contributed by atoms with E-state index in [4.69, 9.17) is 5.26 Å². The molecule has 4 nitrogen and oxygen atoms in total. The van der Waals surface area contributed by atoms with Gasteiger partial charge in [0.2, 0.25) is 0 Å². The Morgan fingerprint density at radius 2 is 2.12 bits per heavy atom. The van der Waals surface area contributed by atoms with Crippen molar-refractivity contribution in [2.75, 3.05) is 0 Å². The van der Waals surface area contributed by atoms with Gasteiger partial charge in [0.15, 0.2) is 6.10 Å². The average Bonchev–Trinajstić information content (AvgIpc) is 2.29. The highest BCUT2D eigenvalue weighted by molar-refractivity contribution is 5.82. The number of nitrogens with one attached hydrogen (secondary N) is 1. The third kappa shape index (κ3) is 3.37. The molecule has 1 amide bonds. The summed E-state index contributed by atoms with van der Waals surface area (Å²) >= 11 is 0. The molecule has 2 atom stereocenters. The van der Waals surface area contributed by atoms with Gasteiger partial charge in [-0.3, -0.25) is 4.79 Å². The van der Waals surface area contributed by atoms with Crippen LogP contribution in [0.4, 0.5) is 0 Å². The second-order valence-corrected chi connectivity index (χ2v) is 3.59. The average molecular weight is 218 g/mol. The number of hydrogen-bond donors (Lipinski definition) is 2. The summed E-state index contributed by atoms with van der Waals surface area (Å²) in [5.74, 6) is -0.478. The molecule has 0 fully saturated rings. The van der Waals surface area contributed by atoms with Crippen LogP contribution in [0.5, 0.6) is 0 Å². The minimum atomic E-state index is -1.18. The van der Waals surface area contributed by atoms with Crippen LogP contribution in [-0.4, -0.2) is 17.1 Å². The molecule has 4 heteroatoms. The fraction of sp³-hybridized carbons (Fsp3) is 0.333. The summed E-state index contributed by atoms with van der Waals surface area (Å²) < 4.78 is 0. The van der Waals surface area contributed by atoms with Gasteiger partial charge in [0, 0.05) is 6.04 Å². The molecule has 16 heavy (non-hydrogen) atoms. The van der Waals surface area contributed by atoms with Crippen molar-refractivity contribution in [3.05, 3.63) is 35.9 Å². The van der Waals surface area contributed by atoms with Crippen molar-refractivity contribution in [2.24, 2.45) is 0 Å². The van der Waals surface area contributed by atoms with Crippen molar-refractivity contribution in [3.63, 3.8) is 0 Å². The number of carbonyl (C=O) groups excluding carboxylic acids is 1. The quantitative estimate of drug-likeness (QED) is 0.795. The predicted molar refractivity (Wildman–Crippen MR) is 59.2 cm³/mol. The van der Waals surface area contributed by atoms with Crippen LogP contribution in [0.15, 0.2) is 30.3 Å². The van der Waals surface area contributed by atoms with Gasteiger partial charge in [-0.05, 0) is 12.5 Å². The lowest BCUT2D eigenvalue weighted by atomic mass is 10.1. The summed E-state index contributed by atoms with van der Waals surface area (Å²) in [5.41, 5.74) is 0.546. The standard InChI is InChI=1S/C12H14N2O2/c1-9(7-8-13)14-12(16)11(15)10-5-3-2-4-6-10/h2-6,9,11,15H,7H2,1H3,(H,14,16). The van der Waals surface area contributed by atoms with Gasteiger partial charge < -0.3 is 10.4 Å². The summed E-state index contributed by atoms with van der Waals surface area (Å²) in [5, 5.41) is 20.7. The fourth-order valence-corrected chi connectivity index (χ4v) is 1.30. The van der Waals surface area contributed by atoms with E-state index in [1.54, 1.807) is 31.2 Å². The van der Waals surface area contributed by atoms with Crippen molar-refractivity contribution >= 4 is 5.91 Å². The Labute approximate surface area is 94.5 Å². The molecular formula is C12H14N2O2. The molecule has 0 heterocycles. The first-order valence-electron chi connectivity index (χ1n) is 5.05. The van der Waals surface area contributed by atoms with Crippen LogP contribution in [0.2, 0.25) is 0 Å². The lowest BCUT2D eigenvalue weighted by molar-refractivity contribution is -0.130. The van der Waals surface area contributed by atoms with E-state index in [1.807, 2.05) is 12.1 Å². The topological polar surface area (TPSA) is 73.1 Å². The Kier molecular flexibility index (Phi) is 4.49. The van der Waals surface area contributed by atoms with E-state index in [0.29, 0.717) is 5.56 Å². The van der Waals surface area contributed by atoms with Crippen molar-refractivity contribution < 1.29 is 9.90 Å². The van der Waals surface area contributed by atoms with E-state index >= 15 is 0 Å². The van der Waals surface area contributed by atoms with Crippen LogP contribution in [0.1, 0.15) is 25.0 Å². The van der Waals surface area contributed by atoms with Gasteiger partial charge in [-0.15, -0.1) is 0 Å². The maximum atomic E-state index is 11.6. The third-order valence-electron chi connectivity index (χ3n) is 2.15. The highest BCUT2D eigenvalue weighted by atomic mass is 16.3. The van der Waals surface area contributed by atoms with Gasteiger partial charge in [-0.1, -0.05) is 30.3 Å². The molecule has 0 spiro atoms. The summed E-state index contributed by atoms with van der Waals surface area (Å²) in [7, 11) is 0. The molecule has 2 unspecified atom stereocenters. The van der Waals surface area contributed by atoms with Crippen molar-refractivity contribution in [1.82, 2.24) is 5.32 Å². The van der Waals surface area contributed by atoms with E-state index in [0.717, 1.165) is 0 Å². The summed E-state index contributed by atoms with van der Waals surface area (Å²) in [6, 6.07) is 10.4. The van der Waals surface area contributed by atoms with E-state index in [2.05, 4.69) is 5.32 Å². The molecule has 0 aliphatic carbocycles. The van der Waals surface area contributed by atoms with Crippen LogP contribution in [0, 0.1) is 11.3 Å². The Morgan fingerprint density at radius 3 is 2.69 bits per heavy atom. The van der Waals surface area contributed by atoms with Crippen LogP contribution < -0.4 is 5.32 Å². The molecule has 0 aliphatic heterocycles. The number of benzene rings is 1. The smallest absolute Gasteiger partial charge is 0.253 e. The predicted octanol–water partition coefficient (Wildman–Crippen LogP) is 1.14. The summed E-state index contributed by atoms with van der Waals surface area (Å²) in [4.78, 5) is 11.6. The first-order valence-corrected chi connectivity index (χ1v) is 5.05. The number of aliphatic hydroxyl groups excluding tert-OH is 1. The minimum absolute atomic E-state index is 0.229. The van der Waals surface area contributed by atoms with Crippen molar-refractivity contribution in [1.29, 1.82) is 5.26 Å². The van der Waals surface area contributed by atoms with Crippen LogP contribution >= 0.6 is 0 Å².